The van der Waals surface area contributed by atoms with Crippen LogP contribution in [0.2, 0.25) is 0 Å². The molecule has 2 aromatic rings. The highest BCUT2D eigenvalue weighted by Gasteiger charge is 2.45. The van der Waals surface area contributed by atoms with Crippen molar-refractivity contribution in [3.63, 3.8) is 0 Å². The lowest BCUT2D eigenvalue weighted by Gasteiger charge is -2.37. The van der Waals surface area contributed by atoms with Gasteiger partial charge in [-0.25, -0.2) is 9.69 Å². The quantitative estimate of drug-likeness (QED) is 0.573. The van der Waals surface area contributed by atoms with Crippen LogP contribution in [0.5, 0.6) is 0 Å². The molecule has 0 saturated carbocycles. The number of rotatable bonds is 4. The van der Waals surface area contributed by atoms with E-state index in [0.717, 1.165) is 25.9 Å². The average Bonchev–Trinajstić information content (AvgIpc) is 2.96. The molecule has 0 aliphatic carbocycles. The first kappa shape index (κ1) is 19.2. The Morgan fingerprint density at radius 2 is 1.62 bits per heavy atom. The summed E-state index contributed by atoms with van der Waals surface area (Å²) in [4.78, 5) is 54.2. The molecule has 148 valence electrons. The first-order chi connectivity index (χ1) is 14.0. The molecule has 29 heavy (non-hydrogen) atoms. The molecule has 0 aromatic heterocycles. The van der Waals surface area contributed by atoms with E-state index >= 15 is 0 Å². The highest BCUT2D eigenvalue weighted by Crippen LogP contribution is 2.43. The van der Waals surface area contributed by atoms with Gasteiger partial charge in [0.1, 0.15) is 6.54 Å². The molecule has 2 aromatic carbocycles. The van der Waals surface area contributed by atoms with Crippen LogP contribution in [0.4, 0.5) is 10.5 Å². The first-order valence-electron chi connectivity index (χ1n) is 9.29. The molecule has 1 saturated heterocycles. The fourth-order valence-electron chi connectivity index (χ4n) is 3.60. The van der Waals surface area contributed by atoms with Crippen molar-refractivity contribution in [1.29, 1.82) is 0 Å². The maximum absolute atomic E-state index is 13.3. The van der Waals surface area contributed by atoms with Crippen LogP contribution in [-0.4, -0.2) is 52.4 Å². The maximum atomic E-state index is 13.3. The summed E-state index contributed by atoms with van der Waals surface area (Å²) in [5, 5.41) is 0. The second-order valence-corrected chi connectivity index (χ2v) is 7.75. The van der Waals surface area contributed by atoms with Gasteiger partial charge in [0.05, 0.1) is 11.7 Å². The molecule has 1 fully saturated rings. The van der Waals surface area contributed by atoms with E-state index in [1.807, 2.05) is 54.6 Å². The normalized spacial score (nSPS) is 19.0. The van der Waals surface area contributed by atoms with Crippen LogP contribution < -0.4 is 4.90 Å². The van der Waals surface area contributed by atoms with Crippen LogP contribution >= 0.6 is 11.8 Å². The Bertz CT molecular complexity index is 994. The van der Waals surface area contributed by atoms with Crippen LogP contribution in [-0.2, 0) is 14.4 Å². The molecule has 4 rings (SSSR count). The van der Waals surface area contributed by atoms with Gasteiger partial charge in [-0.3, -0.25) is 19.3 Å². The summed E-state index contributed by atoms with van der Waals surface area (Å²) in [6.45, 7) is 1.23. The van der Waals surface area contributed by atoms with Gasteiger partial charge in [0.15, 0.2) is 0 Å². The number of anilines is 1. The monoisotopic (exact) mass is 409 g/mol. The van der Waals surface area contributed by atoms with Crippen molar-refractivity contribution in [2.45, 2.75) is 17.9 Å². The van der Waals surface area contributed by atoms with Gasteiger partial charge >= 0.3 is 17.8 Å². The Hall–Kier alpha value is -3.13. The van der Waals surface area contributed by atoms with Crippen molar-refractivity contribution in [3.8, 4) is 0 Å². The van der Waals surface area contributed by atoms with Crippen molar-refractivity contribution in [2.24, 2.45) is 0 Å². The van der Waals surface area contributed by atoms with Gasteiger partial charge in [0.2, 0.25) is 5.91 Å². The zero-order valence-corrected chi connectivity index (χ0v) is 16.6. The number of carbonyl (C=O) groups is 4. The van der Waals surface area contributed by atoms with Gasteiger partial charge in [-0.1, -0.05) is 42.5 Å². The second-order valence-electron chi connectivity index (χ2n) is 6.69. The fraction of sp³-hybridized carbons (Fsp3) is 0.238. The van der Waals surface area contributed by atoms with Crippen LogP contribution in [0.25, 0.3) is 0 Å². The van der Waals surface area contributed by atoms with E-state index in [2.05, 4.69) is 0 Å². The smallest absolute Gasteiger partial charge is 0.301 e. The number of fused-ring (bicyclic) bond motifs is 1. The zero-order valence-electron chi connectivity index (χ0n) is 15.8. The molecule has 8 heteroatoms. The van der Waals surface area contributed by atoms with Crippen molar-refractivity contribution < 1.29 is 19.2 Å². The number of imide groups is 2. The summed E-state index contributed by atoms with van der Waals surface area (Å²) in [5.41, 5.74) is 1.70. The Balaban J connectivity index is 1.68. The van der Waals surface area contributed by atoms with E-state index in [-0.39, 0.29) is 12.6 Å². The predicted molar refractivity (Wildman–Crippen MR) is 108 cm³/mol. The van der Waals surface area contributed by atoms with Gasteiger partial charge in [0, 0.05) is 17.2 Å². The highest BCUT2D eigenvalue weighted by atomic mass is 32.2. The lowest BCUT2D eigenvalue weighted by atomic mass is 10.1. The molecule has 2 aliphatic rings. The van der Waals surface area contributed by atoms with Crippen molar-refractivity contribution in [2.75, 3.05) is 23.7 Å². The van der Waals surface area contributed by atoms with Gasteiger partial charge in [-0.2, -0.15) is 0 Å². The van der Waals surface area contributed by atoms with E-state index < -0.39 is 30.3 Å². The van der Waals surface area contributed by atoms with E-state index in [9.17, 15) is 19.2 Å². The third kappa shape index (κ3) is 3.29. The van der Waals surface area contributed by atoms with Crippen LogP contribution in [0.1, 0.15) is 18.5 Å². The van der Waals surface area contributed by atoms with Gasteiger partial charge < -0.3 is 4.90 Å². The number of hydrogen-bond acceptors (Lipinski definition) is 5. The third-order valence-corrected chi connectivity index (χ3v) is 6.17. The highest BCUT2D eigenvalue weighted by molar-refractivity contribution is 7.99. The largest absolute Gasteiger partial charge is 0.334 e. The Morgan fingerprint density at radius 3 is 2.31 bits per heavy atom. The SMILES string of the molecule is CCN1C(=O)C(=O)N(CC(=O)N2c3ccccc3SC[C@H]2c2ccccc2)C1=O. The number of thioether (sulfide) groups is 1. The predicted octanol–water partition coefficient (Wildman–Crippen LogP) is 2.68. The molecule has 0 spiro atoms. The van der Waals surface area contributed by atoms with Crippen LogP contribution in [0.15, 0.2) is 59.5 Å². The topological polar surface area (TPSA) is 78.0 Å². The summed E-state index contributed by atoms with van der Waals surface area (Å²) in [6, 6.07) is 16.2. The number of urea groups is 1. The molecule has 7 nitrogen and oxygen atoms in total. The zero-order chi connectivity index (χ0) is 20.5. The minimum atomic E-state index is -0.957. The molecule has 2 heterocycles. The molecule has 2 aliphatic heterocycles. The maximum Gasteiger partial charge on any atom is 0.334 e. The number of para-hydroxylation sites is 1. The first-order valence-corrected chi connectivity index (χ1v) is 10.3. The van der Waals surface area contributed by atoms with Gasteiger partial charge in [-0.15, -0.1) is 11.8 Å². The number of nitrogens with zero attached hydrogens (tertiary/aromatic N) is 3. The summed E-state index contributed by atoms with van der Waals surface area (Å²) < 4.78 is 0. The second kappa shape index (κ2) is 7.71. The standard InChI is InChI=1S/C21H19N3O4S/c1-2-22-19(26)20(27)23(21(22)28)12-18(25)24-15-10-6-7-11-17(15)29-13-16(24)14-8-4-3-5-9-14/h3-11,16H,2,12-13H2,1H3/t16-/m0/s1. The Kier molecular flexibility index (Phi) is 5.10. The summed E-state index contributed by atoms with van der Waals surface area (Å²) in [6.07, 6.45) is 0. The van der Waals surface area contributed by atoms with Crippen LogP contribution in [0.3, 0.4) is 0 Å². The fourth-order valence-corrected chi connectivity index (χ4v) is 4.77. The van der Waals surface area contributed by atoms with E-state index in [1.165, 1.54) is 0 Å². The third-order valence-electron chi connectivity index (χ3n) is 5.03. The molecule has 5 amide bonds. The molecule has 0 radical (unpaired) electrons. The van der Waals surface area contributed by atoms with Crippen molar-refractivity contribution in [1.82, 2.24) is 9.80 Å². The molecule has 0 N–H and O–H groups in total. The number of carbonyl (C=O) groups excluding carboxylic acids is 4. The summed E-state index contributed by atoms with van der Waals surface area (Å²) in [7, 11) is 0. The molecule has 1 atom stereocenters. The number of hydrogen-bond donors (Lipinski definition) is 0. The number of amides is 5. The van der Waals surface area contributed by atoms with E-state index in [0.29, 0.717) is 5.75 Å². The van der Waals surface area contributed by atoms with Crippen molar-refractivity contribution in [3.05, 3.63) is 60.2 Å². The average molecular weight is 409 g/mol. The lowest BCUT2D eigenvalue weighted by Crippen LogP contribution is -2.46. The minimum Gasteiger partial charge on any atom is -0.301 e. The summed E-state index contributed by atoms with van der Waals surface area (Å²) in [5.74, 6) is -1.60. The van der Waals surface area contributed by atoms with Gasteiger partial charge in [-0.05, 0) is 24.6 Å². The van der Waals surface area contributed by atoms with E-state index in [4.69, 9.17) is 0 Å². The Labute approximate surface area is 172 Å². The molecular formula is C21H19N3O4S. The van der Waals surface area contributed by atoms with Gasteiger partial charge in [0.25, 0.3) is 0 Å². The minimum absolute atomic E-state index is 0.0872. The molecule has 0 unspecified atom stereocenters. The van der Waals surface area contributed by atoms with Crippen LogP contribution in [0, 0.1) is 0 Å². The number of likely N-dealkylation sites (N-methyl/N-ethyl adjacent to an activating group) is 1. The lowest BCUT2D eigenvalue weighted by molar-refractivity contribution is -0.143. The Morgan fingerprint density at radius 1 is 0.966 bits per heavy atom. The van der Waals surface area contributed by atoms with E-state index in [1.54, 1.807) is 23.6 Å². The molecular weight excluding hydrogens is 390 g/mol. The molecule has 0 bridgehead atoms. The van der Waals surface area contributed by atoms with Crippen molar-refractivity contribution >= 4 is 41.2 Å². The summed E-state index contributed by atoms with van der Waals surface area (Å²) >= 11 is 1.66. The number of benzene rings is 2.